The topological polar surface area (TPSA) is 45.9 Å². The van der Waals surface area contributed by atoms with E-state index in [9.17, 15) is 4.79 Å². The highest BCUT2D eigenvalue weighted by Crippen LogP contribution is 2.66. The van der Waals surface area contributed by atoms with Gasteiger partial charge in [0.15, 0.2) is 0 Å². The van der Waals surface area contributed by atoms with Crippen LogP contribution in [0.25, 0.3) is 0 Å². The molecular weight excluding hydrogens is 274 g/mol. The molecule has 2 atom stereocenters. The van der Waals surface area contributed by atoms with Crippen LogP contribution in [0.1, 0.15) is 57.2 Å². The van der Waals surface area contributed by atoms with Gasteiger partial charge >= 0.3 is 5.95 Å². The molecule has 1 aromatic rings. The summed E-state index contributed by atoms with van der Waals surface area (Å²) in [5.41, 5.74) is 3.07. The Morgan fingerprint density at radius 3 is 2.90 bits per heavy atom. The van der Waals surface area contributed by atoms with Crippen LogP contribution >= 0.6 is 0 Å². The van der Waals surface area contributed by atoms with Crippen molar-refractivity contribution in [3.8, 4) is 0 Å². The van der Waals surface area contributed by atoms with Gasteiger partial charge in [-0.15, -0.1) is 0 Å². The van der Waals surface area contributed by atoms with E-state index in [0.29, 0.717) is 12.3 Å². The van der Waals surface area contributed by atoms with Crippen molar-refractivity contribution in [3.05, 3.63) is 17.5 Å². The van der Waals surface area contributed by atoms with E-state index < -0.39 is 0 Å². The van der Waals surface area contributed by atoms with Crippen molar-refractivity contribution in [2.75, 3.05) is 5.32 Å². The van der Waals surface area contributed by atoms with E-state index in [2.05, 4.69) is 36.9 Å². The first-order chi connectivity index (χ1) is 8.93. The maximum atomic E-state index is 11.5. The van der Waals surface area contributed by atoms with Gasteiger partial charge in [-0.05, 0) is 24.2 Å². The number of rotatable bonds is 0. The monoisotopic (exact) mass is 293 g/mol. The van der Waals surface area contributed by atoms with Crippen LogP contribution in [0.2, 0.25) is 0 Å². The number of halogens is 1. The molecule has 2 aliphatic carbocycles. The average molecular weight is 294 g/mol. The van der Waals surface area contributed by atoms with Crippen molar-refractivity contribution in [1.29, 1.82) is 0 Å². The minimum Gasteiger partial charge on any atom is -1.00 e. The van der Waals surface area contributed by atoms with Crippen molar-refractivity contribution >= 4 is 11.9 Å². The Morgan fingerprint density at radius 1 is 1.40 bits per heavy atom. The van der Waals surface area contributed by atoms with Crippen LogP contribution in [0.15, 0.2) is 6.20 Å². The zero-order valence-corrected chi connectivity index (χ0v) is 12.9. The van der Waals surface area contributed by atoms with Gasteiger partial charge in [-0.2, -0.15) is 0 Å². The first kappa shape index (κ1) is 13.8. The van der Waals surface area contributed by atoms with Crippen LogP contribution in [-0.4, -0.2) is 10.9 Å². The Labute approximate surface area is 125 Å². The maximum absolute atomic E-state index is 11.5. The Morgan fingerprint density at radius 2 is 2.15 bits per heavy atom. The molecule has 2 heterocycles. The number of amides is 1. The molecule has 1 fully saturated rings. The number of hydrogen-bond acceptors (Lipinski definition) is 2. The number of aryl methyl sites for hydroxylation is 1. The van der Waals surface area contributed by atoms with Crippen LogP contribution in [0.4, 0.5) is 5.95 Å². The van der Waals surface area contributed by atoms with Crippen molar-refractivity contribution < 1.29 is 21.8 Å². The zero-order chi connectivity index (χ0) is 13.4. The van der Waals surface area contributed by atoms with E-state index >= 15 is 0 Å². The SMILES string of the molecule is CC1(C)[C@@H]2CC[C@@]1(C)c1nc3[n+](cc12)CCC(=O)N3.[Cl-]. The highest BCUT2D eigenvalue weighted by molar-refractivity contribution is 5.88. The number of anilines is 1. The van der Waals surface area contributed by atoms with Crippen LogP contribution in [-0.2, 0) is 16.8 Å². The summed E-state index contributed by atoms with van der Waals surface area (Å²) in [7, 11) is 0. The standard InChI is InChI=1S/C15H19N3O.ClH/c1-14(2)10-4-6-15(14,3)12-9(10)8-18-7-5-11(19)16-13(18)17-12;/h8,10H,4-7H2,1-3H3;1H/t10-,15+;/m1./s1. The fraction of sp³-hybridized carbons (Fsp3) is 0.667. The fourth-order valence-corrected chi connectivity index (χ4v) is 4.37. The van der Waals surface area contributed by atoms with E-state index in [1.54, 1.807) is 0 Å². The minimum absolute atomic E-state index is 0. The Bertz CT molecular complexity index is 613. The third kappa shape index (κ3) is 1.40. The number of hydrogen-bond donors (Lipinski definition) is 1. The Balaban J connectivity index is 0.00000121. The summed E-state index contributed by atoms with van der Waals surface area (Å²) in [5, 5.41) is 2.91. The molecule has 4 rings (SSSR count). The second-order valence-corrected chi connectivity index (χ2v) is 7.01. The van der Waals surface area contributed by atoms with E-state index in [0.717, 1.165) is 12.5 Å². The van der Waals surface area contributed by atoms with Gasteiger partial charge in [0, 0.05) is 11.0 Å². The maximum Gasteiger partial charge on any atom is 0.399 e. The van der Waals surface area contributed by atoms with Crippen LogP contribution < -0.4 is 22.3 Å². The van der Waals surface area contributed by atoms with Gasteiger partial charge in [0.2, 0.25) is 0 Å². The third-order valence-electron chi connectivity index (χ3n) is 6.01. The number of carbonyl (C=O) groups is 1. The van der Waals surface area contributed by atoms with Gasteiger partial charge in [-0.3, -0.25) is 4.79 Å². The summed E-state index contributed by atoms with van der Waals surface area (Å²) in [6.07, 6.45) is 5.28. The van der Waals surface area contributed by atoms with E-state index in [1.807, 2.05) is 0 Å². The molecule has 0 unspecified atom stereocenters. The molecule has 1 N–H and O–H groups in total. The first-order valence-electron chi connectivity index (χ1n) is 7.18. The van der Waals surface area contributed by atoms with Gasteiger partial charge < -0.3 is 12.4 Å². The number of fused-ring (bicyclic) bond motifs is 6. The molecule has 1 aliphatic heterocycles. The summed E-state index contributed by atoms with van der Waals surface area (Å²) in [6, 6.07) is 0. The van der Waals surface area contributed by atoms with Gasteiger partial charge in [-0.1, -0.05) is 25.8 Å². The van der Waals surface area contributed by atoms with Crippen molar-refractivity contribution in [1.82, 2.24) is 4.98 Å². The van der Waals surface area contributed by atoms with Crippen LogP contribution in [0.5, 0.6) is 0 Å². The number of nitrogens with zero attached hydrogens (tertiary/aromatic N) is 2. The smallest absolute Gasteiger partial charge is 0.399 e. The number of aromatic nitrogens is 2. The lowest BCUT2D eigenvalue weighted by Crippen LogP contribution is -3.00. The lowest BCUT2D eigenvalue weighted by atomic mass is 9.70. The highest BCUT2D eigenvalue weighted by Gasteiger charge is 2.62. The predicted octanol–water partition coefficient (Wildman–Crippen LogP) is -1.11. The fourth-order valence-electron chi connectivity index (χ4n) is 4.37. The quantitative estimate of drug-likeness (QED) is 0.617. The van der Waals surface area contributed by atoms with E-state index in [1.165, 1.54) is 24.1 Å². The molecule has 20 heavy (non-hydrogen) atoms. The number of carbonyl (C=O) groups excluding carboxylic acids is 1. The van der Waals surface area contributed by atoms with E-state index in [4.69, 9.17) is 4.98 Å². The summed E-state index contributed by atoms with van der Waals surface area (Å²) in [4.78, 5) is 16.4. The predicted molar refractivity (Wildman–Crippen MR) is 70.8 cm³/mol. The largest absolute Gasteiger partial charge is 1.00 e. The molecule has 2 bridgehead atoms. The molecule has 1 amide bonds. The second-order valence-electron chi connectivity index (χ2n) is 7.01. The molecule has 4 nitrogen and oxygen atoms in total. The third-order valence-corrected chi connectivity index (χ3v) is 6.01. The molecule has 0 radical (unpaired) electrons. The lowest BCUT2D eigenvalue weighted by molar-refractivity contribution is -0.686. The summed E-state index contributed by atoms with van der Waals surface area (Å²) < 4.78 is 2.11. The van der Waals surface area contributed by atoms with Gasteiger partial charge in [0.05, 0.1) is 19.2 Å². The summed E-state index contributed by atoms with van der Waals surface area (Å²) in [5.74, 6) is 1.44. The van der Waals surface area contributed by atoms with Gasteiger partial charge in [0.1, 0.15) is 5.69 Å². The van der Waals surface area contributed by atoms with Crippen LogP contribution in [0, 0.1) is 5.41 Å². The second kappa shape index (κ2) is 3.94. The molecule has 108 valence electrons. The zero-order valence-electron chi connectivity index (χ0n) is 12.2. The van der Waals surface area contributed by atoms with Crippen LogP contribution in [0.3, 0.4) is 0 Å². The normalized spacial score (nSPS) is 32.1. The first-order valence-corrected chi connectivity index (χ1v) is 7.18. The molecule has 0 spiro atoms. The Kier molecular flexibility index (Phi) is 2.72. The van der Waals surface area contributed by atoms with Gasteiger partial charge in [0.25, 0.3) is 5.91 Å². The Hall–Kier alpha value is -1.16. The van der Waals surface area contributed by atoms with Crippen molar-refractivity contribution in [2.24, 2.45) is 5.41 Å². The molecule has 5 heteroatoms. The molecule has 3 aliphatic rings. The number of nitrogens with one attached hydrogen (secondary N) is 1. The molecule has 0 aromatic carbocycles. The average Bonchev–Trinajstić information content (AvgIpc) is 2.68. The van der Waals surface area contributed by atoms with Crippen molar-refractivity contribution in [2.45, 2.75) is 57.9 Å². The lowest BCUT2D eigenvalue weighted by Gasteiger charge is -2.33. The van der Waals surface area contributed by atoms with E-state index in [-0.39, 0.29) is 29.1 Å². The molecule has 1 aromatic heterocycles. The molecular formula is C15H20ClN3O. The molecule has 0 saturated heterocycles. The highest BCUT2D eigenvalue weighted by atomic mass is 35.5. The minimum atomic E-state index is 0. The summed E-state index contributed by atoms with van der Waals surface area (Å²) in [6.45, 7) is 7.84. The summed E-state index contributed by atoms with van der Waals surface area (Å²) >= 11 is 0. The molecule has 1 saturated carbocycles. The van der Waals surface area contributed by atoms with Crippen molar-refractivity contribution in [3.63, 3.8) is 0 Å². The van der Waals surface area contributed by atoms with Gasteiger partial charge in [-0.25, -0.2) is 9.88 Å².